The number of benzene rings is 1. The lowest BCUT2D eigenvalue weighted by Gasteiger charge is -2.19. The van der Waals surface area contributed by atoms with Gasteiger partial charge in [-0.3, -0.25) is 9.78 Å². The molecule has 0 aliphatic carbocycles. The Morgan fingerprint density at radius 1 is 1.08 bits per heavy atom. The molecule has 1 aliphatic rings. The zero-order valence-corrected chi connectivity index (χ0v) is 21.2. The van der Waals surface area contributed by atoms with E-state index in [1.165, 1.54) is 11.1 Å². The molecule has 0 saturated carbocycles. The van der Waals surface area contributed by atoms with Crippen molar-refractivity contribution in [3.8, 4) is 5.82 Å². The maximum Gasteiger partial charge on any atom is 0.278 e. The van der Waals surface area contributed by atoms with Crippen molar-refractivity contribution in [1.82, 2.24) is 34.6 Å². The van der Waals surface area contributed by atoms with E-state index in [2.05, 4.69) is 32.7 Å². The number of fused-ring (bicyclic) bond motifs is 2. The minimum atomic E-state index is -1.16. The summed E-state index contributed by atoms with van der Waals surface area (Å²) in [6, 6.07) is 15.3. The molecule has 0 fully saturated rings. The summed E-state index contributed by atoms with van der Waals surface area (Å²) < 4.78 is 3.26. The van der Waals surface area contributed by atoms with Crippen molar-refractivity contribution in [2.75, 3.05) is 11.9 Å². The van der Waals surface area contributed by atoms with E-state index in [0.717, 1.165) is 30.8 Å². The van der Waals surface area contributed by atoms with Crippen LogP contribution in [0.1, 0.15) is 36.2 Å². The van der Waals surface area contributed by atoms with Gasteiger partial charge in [0, 0.05) is 30.8 Å². The highest BCUT2D eigenvalue weighted by atomic mass is 16.3. The molecule has 0 spiro atoms. The minimum absolute atomic E-state index is 0.243. The van der Waals surface area contributed by atoms with E-state index in [1.807, 2.05) is 24.3 Å². The lowest BCUT2D eigenvalue weighted by molar-refractivity contribution is 0.0738. The van der Waals surface area contributed by atoms with Crippen molar-refractivity contribution < 1.29 is 5.11 Å². The van der Waals surface area contributed by atoms with Gasteiger partial charge in [0.05, 0.1) is 12.2 Å². The molecule has 0 radical (unpaired) electrons. The van der Waals surface area contributed by atoms with Crippen molar-refractivity contribution in [3.05, 3.63) is 99.9 Å². The third-order valence-electron chi connectivity index (χ3n) is 6.66. The summed E-state index contributed by atoms with van der Waals surface area (Å²) in [6.45, 7) is 5.43. The predicted molar refractivity (Wildman–Crippen MR) is 145 cm³/mol. The lowest BCUT2D eigenvalue weighted by atomic mass is 10.0. The number of aromatic nitrogens is 6. The van der Waals surface area contributed by atoms with Crippen molar-refractivity contribution in [1.29, 1.82) is 0 Å². The van der Waals surface area contributed by atoms with E-state index < -0.39 is 5.60 Å². The van der Waals surface area contributed by atoms with Gasteiger partial charge in [0.2, 0.25) is 5.95 Å². The van der Waals surface area contributed by atoms with Gasteiger partial charge in [-0.2, -0.15) is 4.98 Å². The Balaban J connectivity index is 1.48. The zero-order chi connectivity index (χ0) is 26.3. The highest BCUT2D eigenvalue weighted by molar-refractivity contribution is 5.77. The topological polar surface area (TPSA) is 123 Å². The first-order valence-corrected chi connectivity index (χ1v) is 12.5. The largest absolute Gasteiger partial charge is 0.384 e. The Morgan fingerprint density at radius 3 is 2.79 bits per heavy atom. The number of anilines is 2. The molecule has 38 heavy (non-hydrogen) atoms. The molecule has 3 N–H and O–H groups in total. The van der Waals surface area contributed by atoms with Gasteiger partial charge in [0.1, 0.15) is 11.0 Å². The fourth-order valence-corrected chi connectivity index (χ4v) is 4.69. The van der Waals surface area contributed by atoms with E-state index in [-0.39, 0.29) is 12.1 Å². The van der Waals surface area contributed by atoms with E-state index in [9.17, 15) is 9.90 Å². The normalized spacial score (nSPS) is 13.4. The quantitative estimate of drug-likeness (QED) is 0.320. The number of nitrogens with zero attached hydrogens (tertiary/aromatic N) is 6. The number of pyridine rings is 2. The molecule has 4 aromatic heterocycles. The fraction of sp³-hybridized carbons (Fsp3) is 0.250. The Bertz CT molecular complexity index is 1690. The molecular formula is C28H28N8O2. The van der Waals surface area contributed by atoms with Crippen LogP contribution in [0.2, 0.25) is 0 Å². The van der Waals surface area contributed by atoms with Gasteiger partial charge in [-0.25, -0.2) is 19.3 Å². The first-order chi connectivity index (χ1) is 18.4. The van der Waals surface area contributed by atoms with Crippen molar-refractivity contribution in [2.45, 2.75) is 39.0 Å². The molecule has 10 nitrogen and oxygen atoms in total. The average Bonchev–Trinajstić information content (AvgIpc) is 3.19. The highest BCUT2D eigenvalue weighted by Gasteiger charge is 2.22. The van der Waals surface area contributed by atoms with Crippen LogP contribution in [0.15, 0.2) is 71.9 Å². The van der Waals surface area contributed by atoms with Crippen LogP contribution in [0.5, 0.6) is 0 Å². The Kier molecular flexibility index (Phi) is 5.97. The van der Waals surface area contributed by atoms with Crippen LogP contribution in [0.4, 0.5) is 11.6 Å². The first kappa shape index (κ1) is 24.0. The summed E-state index contributed by atoms with van der Waals surface area (Å²) in [7, 11) is 0. The molecule has 192 valence electrons. The molecule has 0 saturated heterocycles. The second kappa shape index (κ2) is 9.47. The zero-order valence-electron chi connectivity index (χ0n) is 21.2. The Morgan fingerprint density at radius 2 is 1.97 bits per heavy atom. The summed E-state index contributed by atoms with van der Waals surface area (Å²) in [5, 5.41) is 17.6. The maximum atomic E-state index is 13.6. The van der Waals surface area contributed by atoms with E-state index >= 15 is 0 Å². The van der Waals surface area contributed by atoms with E-state index in [1.54, 1.807) is 53.9 Å². The van der Waals surface area contributed by atoms with E-state index in [4.69, 9.17) is 9.97 Å². The Hall–Kier alpha value is -4.41. The summed E-state index contributed by atoms with van der Waals surface area (Å²) in [6.07, 6.45) is 5.92. The molecule has 0 unspecified atom stereocenters. The van der Waals surface area contributed by atoms with Gasteiger partial charge >= 0.3 is 0 Å². The maximum absolute atomic E-state index is 13.6. The van der Waals surface area contributed by atoms with Crippen molar-refractivity contribution >= 4 is 22.7 Å². The summed E-state index contributed by atoms with van der Waals surface area (Å²) in [5.74, 6) is 0.837. The van der Waals surface area contributed by atoms with Crippen LogP contribution in [0, 0.1) is 0 Å². The predicted octanol–water partition coefficient (Wildman–Crippen LogP) is 3.04. The number of hydrogen-bond donors (Lipinski definition) is 3. The van der Waals surface area contributed by atoms with Crippen LogP contribution in [-0.4, -0.2) is 41.0 Å². The Labute approximate surface area is 219 Å². The summed E-state index contributed by atoms with van der Waals surface area (Å²) >= 11 is 0. The molecule has 1 aromatic carbocycles. The van der Waals surface area contributed by atoms with Gasteiger partial charge in [-0.05, 0) is 73.8 Å². The van der Waals surface area contributed by atoms with Crippen LogP contribution in [0.3, 0.4) is 0 Å². The molecule has 0 bridgehead atoms. The molecule has 6 rings (SSSR count). The van der Waals surface area contributed by atoms with Gasteiger partial charge in [0.15, 0.2) is 11.5 Å². The molecule has 10 heteroatoms. The molecular weight excluding hydrogens is 480 g/mol. The van der Waals surface area contributed by atoms with E-state index in [0.29, 0.717) is 28.5 Å². The van der Waals surface area contributed by atoms with Crippen LogP contribution in [-0.2, 0) is 25.1 Å². The third-order valence-corrected chi connectivity index (χ3v) is 6.66. The van der Waals surface area contributed by atoms with Crippen molar-refractivity contribution in [3.63, 3.8) is 0 Å². The minimum Gasteiger partial charge on any atom is -0.384 e. The molecule has 0 atom stereocenters. The smallest absolute Gasteiger partial charge is 0.278 e. The number of hydrogen-bond acceptors (Lipinski definition) is 8. The lowest BCUT2D eigenvalue weighted by Crippen LogP contribution is -2.25. The molecule has 5 aromatic rings. The summed E-state index contributed by atoms with van der Waals surface area (Å²) in [5.41, 5.74) is 3.82. The fourth-order valence-electron chi connectivity index (χ4n) is 4.69. The SMILES string of the molecule is CC(C)(O)c1cccc(-n2c3nc(Nc4ccc5c(c4)CCNC5)ncc3c(=O)n2Cc2cccnc2)n1. The second-order valence-corrected chi connectivity index (χ2v) is 9.94. The average molecular weight is 509 g/mol. The monoisotopic (exact) mass is 508 g/mol. The summed E-state index contributed by atoms with van der Waals surface area (Å²) in [4.78, 5) is 31.7. The van der Waals surface area contributed by atoms with Gasteiger partial charge in [-0.15, -0.1) is 0 Å². The van der Waals surface area contributed by atoms with Crippen molar-refractivity contribution in [2.24, 2.45) is 0 Å². The number of nitrogens with one attached hydrogen (secondary N) is 2. The van der Waals surface area contributed by atoms with Crippen LogP contribution >= 0.6 is 0 Å². The van der Waals surface area contributed by atoms with Gasteiger partial charge < -0.3 is 15.7 Å². The number of rotatable bonds is 6. The van der Waals surface area contributed by atoms with Crippen LogP contribution < -0.4 is 16.2 Å². The van der Waals surface area contributed by atoms with Crippen LogP contribution in [0.25, 0.3) is 16.9 Å². The molecule has 5 heterocycles. The molecule has 1 aliphatic heterocycles. The van der Waals surface area contributed by atoms with Gasteiger partial charge in [0.25, 0.3) is 5.56 Å². The third kappa shape index (κ3) is 4.55. The molecule has 0 amide bonds. The first-order valence-electron chi connectivity index (χ1n) is 12.5. The second-order valence-electron chi connectivity index (χ2n) is 9.94. The number of aliphatic hydroxyl groups is 1. The highest BCUT2D eigenvalue weighted by Crippen LogP contribution is 2.24. The van der Waals surface area contributed by atoms with Gasteiger partial charge in [-0.1, -0.05) is 18.2 Å². The standard InChI is InChI=1S/C28H28N8O2/c1-28(2,38)23-6-3-7-24(33-23)36-25-22(26(37)35(36)17-18-5-4-11-29-14-18)16-31-27(34-25)32-21-9-8-20-15-30-12-10-19(20)13-21/h3-9,11,13-14,16,30,38H,10,12,15,17H2,1-2H3,(H,31,32,34).